The van der Waals surface area contributed by atoms with Crippen LogP contribution in [0.2, 0.25) is 0 Å². The van der Waals surface area contributed by atoms with E-state index >= 15 is 0 Å². The highest BCUT2D eigenvalue weighted by molar-refractivity contribution is 6.08. The average Bonchev–Trinajstić information content (AvgIpc) is 3.40. The molecule has 2 fully saturated rings. The summed E-state index contributed by atoms with van der Waals surface area (Å²) in [5, 5.41) is 2.52. The number of carbonyl (C=O) groups is 2. The fourth-order valence-corrected chi connectivity index (χ4v) is 5.03. The molecule has 0 radical (unpaired) electrons. The van der Waals surface area contributed by atoms with Gasteiger partial charge in [-0.25, -0.2) is 0 Å². The molecule has 2 bridgehead atoms. The molecule has 5 nitrogen and oxygen atoms in total. The number of benzene rings is 2. The van der Waals surface area contributed by atoms with Gasteiger partial charge in [0.05, 0.1) is 26.1 Å². The molecule has 2 aromatic carbocycles. The monoisotopic (exact) mass is 387 g/mol. The summed E-state index contributed by atoms with van der Waals surface area (Å²) in [6.45, 7) is 0. The van der Waals surface area contributed by atoms with Crippen LogP contribution in [0.1, 0.15) is 11.1 Å². The zero-order chi connectivity index (χ0) is 20.1. The number of nitrogens with one attached hydrogen (secondary N) is 1. The second kappa shape index (κ2) is 6.62. The van der Waals surface area contributed by atoms with Gasteiger partial charge in [-0.3, -0.25) is 14.9 Å². The normalized spacial score (nSPS) is 26.5. The fourth-order valence-electron chi connectivity index (χ4n) is 5.03. The van der Waals surface area contributed by atoms with E-state index in [9.17, 15) is 9.59 Å². The van der Waals surface area contributed by atoms with Crippen LogP contribution in [-0.4, -0.2) is 26.0 Å². The van der Waals surface area contributed by atoms with Gasteiger partial charge in [0.15, 0.2) is 0 Å². The summed E-state index contributed by atoms with van der Waals surface area (Å²) in [7, 11) is 3.29. The second-order valence-electron chi connectivity index (χ2n) is 7.63. The summed E-state index contributed by atoms with van der Waals surface area (Å²) in [4.78, 5) is 24.9. The molecule has 0 spiro atoms. The van der Waals surface area contributed by atoms with Crippen molar-refractivity contribution >= 4 is 17.4 Å². The molecule has 0 aromatic heterocycles. The third kappa shape index (κ3) is 2.61. The van der Waals surface area contributed by atoms with Crippen LogP contribution in [0.5, 0.6) is 11.5 Å². The van der Waals surface area contributed by atoms with Crippen molar-refractivity contribution in [1.29, 1.82) is 0 Å². The second-order valence-corrected chi connectivity index (χ2v) is 7.63. The first kappa shape index (κ1) is 17.7. The molecule has 29 heavy (non-hydrogen) atoms. The van der Waals surface area contributed by atoms with Crippen molar-refractivity contribution in [2.75, 3.05) is 14.2 Å². The molecule has 5 rings (SSSR count). The molecule has 2 amide bonds. The highest BCUT2D eigenvalue weighted by atomic mass is 16.5. The number of allylic oxidation sites excluding steroid dienone is 3. The maximum absolute atomic E-state index is 12.4. The maximum Gasteiger partial charge on any atom is 0.231 e. The highest BCUT2D eigenvalue weighted by Crippen LogP contribution is 2.56. The Morgan fingerprint density at radius 3 is 1.52 bits per heavy atom. The number of hydrogen-bond acceptors (Lipinski definition) is 4. The molecular weight excluding hydrogens is 366 g/mol. The topological polar surface area (TPSA) is 64.6 Å². The Bertz CT molecular complexity index is 968. The number of hydrogen-bond donors (Lipinski definition) is 1. The summed E-state index contributed by atoms with van der Waals surface area (Å²) in [6, 6.07) is 15.8. The first-order valence-corrected chi connectivity index (χ1v) is 9.68. The van der Waals surface area contributed by atoms with E-state index in [-0.39, 0.29) is 35.5 Å². The number of fused-ring (bicyclic) bond motifs is 5. The highest BCUT2D eigenvalue weighted by Gasteiger charge is 2.59. The van der Waals surface area contributed by atoms with E-state index in [1.165, 1.54) is 0 Å². The quantitative estimate of drug-likeness (QED) is 0.646. The first-order valence-electron chi connectivity index (χ1n) is 9.68. The molecule has 4 atom stereocenters. The number of ether oxygens (including phenoxy) is 2. The lowest BCUT2D eigenvalue weighted by molar-refractivity contribution is -0.126. The van der Waals surface area contributed by atoms with E-state index in [0.717, 1.165) is 33.8 Å². The van der Waals surface area contributed by atoms with E-state index in [0.29, 0.717) is 0 Å². The van der Waals surface area contributed by atoms with Gasteiger partial charge >= 0.3 is 0 Å². The number of rotatable bonds is 4. The van der Waals surface area contributed by atoms with E-state index in [1.807, 2.05) is 48.5 Å². The number of methoxy groups -OCH3 is 2. The summed E-state index contributed by atoms with van der Waals surface area (Å²) < 4.78 is 10.6. The molecule has 1 saturated heterocycles. The Balaban J connectivity index is 1.70. The van der Waals surface area contributed by atoms with Crippen LogP contribution in [0.25, 0.3) is 5.57 Å². The van der Waals surface area contributed by atoms with Crippen LogP contribution < -0.4 is 14.8 Å². The Hall–Kier alpha value is -3.34. The molecule has 2 aliphatic carbocycles. The predicted octanol–water partition coefficient (Wildman–Crippen LogP) is 3.21. The Kier molecular flexibility index (Phi) is 4.05. The van der Waals surface area contributed by atoms with E-state index in [1.54, 1.807) is 14.2 Å². The largest absolute Gasteiger partial charge is 0.497 e. The van der Waals surface area contributed by atoms with Crippen molar-refractivity contribution in [2.45, 2.75) is 0 Å². The van der Waals surface area contributed by atoms with Gasteiger partial charge in [0.1, 0.15) is 11.5 Å². The van der Waals surface area contributed by atoms with Gasteiger partial charge in [-0.1, -0.05) is 36.4 Å². The molecule has 146 valence electrons. The minimum Gasteiger partial charge on any atom is -0.497 e. The molecule has 5 heteroatoms. The van der Waals surface area contributed by atoms with Gasteiger partial charge in [0.25, 0.3) is 0 Å². The van der Waals surface area contributed by atoms with Crippen LogP contribution in [0.15, 0.2) is 66.3 Å². The summed E-state index contributed by atoms with van der Waals surface area (Å²) in [5.74, 6) is 0.527. The van der Waals surface area contributed by atoms with Crippen molar-refractivity contribution in [3.05, 3.63) is 77.4 Å². The van der Waals surface area contributed by atoms with Gasteiger partial charge < -0.3 is 9.47 Å². The van der Waals surface area contributed by atoms with Crippen LogP contribution in [0.4, 0.5) is 0 Å². The lowest BCUT2D eigenvalue weighted by atomic mass is 9.85. The molecule has 1 aliphatic heterocycles. The summed E-state index contributed by atoms with van der Waals surface area (Å²) in [5.41, 5.74) is 4.30. The Morgan fingerprint density at radius 1 is 0.724 bits per heavy atom. The van der Waals surface area contributed by atoms with Gasteiger partial charge in [0.2, 0.25) is 11.8 Å². The van der Waals surface area contributed by atoms with E-state index < -0.39 is 0 Å². The molecule has 2 aromatic rings. The molecule has 3 aliphatic rings. The van der Waals surface area contributed by atoms with Crippen molar-refractivity contribution in [1.82, 2.24) is 5.32 Å². The fraction of sp³-hybridized carbons (Fsp3) is 0.250. The summed E-state index contributed by atoms with van der Waals surface area (Å²) in [6.07, 6.45) is 4.18. The van der Waals surface area contributed by atoms with Crippen molar-refractivity contribution in [3.8, 4) is 11.5 Å². The van der Waals surface area contributed by atoms with Crippen molar-refractivity contribution in [3.63, 3.8) is 0 Å². The minimum atomic E-state index is -0.306. The van der Waals surface area contributed by atoms with Gasteiger partial charge in [0, 0.05) is 11.8 Å². The lowest BCUT2D eigenvalue weighted by Gasteiger charge is -2.19. The smallest absolute Gasteiger partial charge is 0.231 e. The van der Waals surface area contributed by atoms with Crippen LogP contribution in [0.3, 0.4) is 0 Å². The maximum atomic E-state index is 12.4. The molecular formula is C24H21NO4. The van der Waals surface area contributed by atoms with Crippen molar-refractivity contribution in [2.24, 2.45) is 23.7 Å². The number of amides is 2. The third-order valence-electron chi connectivity index (χ3n) is 6.30. The molecule has 1 saturated carbocycles. The number of imide groups is 1. The average molecular weight is 387 g/mol. The van der Waals surface area contributed by atoms with Crippen LogP contribution >= 0.6 is 0 Å². The van der Waals surface area contributed by atoms with Gasteiger partial charge in [-0.2, -0.15) is 0 Å². The molecule has 0 unspecified atom stereocenters. The first-order chi connectivity index (χ1) is 14.1. The van der Waals surface area contributed by atoms with E-state index in [4.69, 9.17) is 9.47 Å². The molecule has 1 N–H and O–H groups in total. The Morgan fingerprint density at radius 2 is 1.14 bits per heavy atom. The lowest BCUT2D eigenvalue weighted by Crippen LogP contribution is -2.26. The Labute approximate surface area is 169 Å². The standard InChI is InChI=1S/C24H21NO4/c1-28-15-7-3-13(4-8-15)19(14-5-9-16(29-2)10-6-14)20-17-11-12-18(20)22-21(17)23(26)25-24(22)27/h3-12,17-18,21-22H,1-2H3,(H,25,26,27)/t17-,18-,21-,22+/m1/s1. The summed E-state index contributed by atoms with van der Waals surface area (Å²) >= 11 is 0. The zero-order valence-corrected chi connectivity index (χ0v) is 16.2. The van der Waals surface area contributed by atoms with Gasteiger partial charge in [-0.05, 0) is 46.5 Å². The van der Waals surface area contributed by atoms with Gasteiger partial charge in [-0.15, -0.1) is 0 Å². The van der Waals surface area contributed by atoms with Crippen LogP contribution in [0, 0.1) is 23.7 Å². The van der Waals surface area contributed by atoms with Crippen LogP contribution in [-0.2, 0) is 9.59 Å². The predicted molar refractivity (Wildman–Crippen MR) is 108 cm³/mol. The SMILES string of the molecule is COc1ccc(C(=C2[C@H]3C=C[C@H]2[C@H]2C(=O)NC(=O)[C@H]23)c2ccc(OC)cc2)cc1. The number of carbonyl (C=O) groups excluding carboxylic acids is 2. The minimum absolute atomic E-state index is 0.0596. The zero-order valence-electron chi connectivity index (χ0n) is 16.2. The molecule has 1 heterocycles. The van der Waals surface area contributed by atoms with E-state index in [2.05, 4.69) is 17.5 Å². The third-order valence-corrected chi connectivity index (χ3v) is 6.30. The van der Waals surface area contributed by atoms with Crippen molar-refractivity contribution < 1.29 is 19.1 Å².